The number of aromatic amines is 1. The summed E-state index contributed by atoms with van der Waals surface area (Å²) in [5, 5.41) is 14.9. The van der Waals surface area contributed by atoms with Crippen molar-refractivity contribution in [2.24, 2.45) is 0 Å². The summed E-state index contributed by atoms with van der Waals surface area (Å²) >= 11 is 6.07. The van der Waals surface area contributed by atoms with Crippen molar-refractivity contribution in [1.82, 2.24) is 25.3 Å². The van der Waals surface area contributed by atoms with E-state index in [1.807, 2.05) is 44.3 Å². The third-order valence-electron chi connectivity index (χ3n) is 4.34. The van der Waals surface area contributed by atoms with E-state index < -0.39 is 0 Å². The molecule has 2 heterocycles. The molecule has 1 amide bonds. The molecule has 3 rings (SSSR count). The minimum Gasteiger partial charge on any atom is -0.352 e. The van der Waals surface area contributed by atoms with Gasteiger partial charge in [-0.1, -0.05) is 24.6 Å². The maximum atomic E-state index is 12.6. The van der Waals surface area contributed by atoms with Gasteiger partial charge in [0.2, 0.25) is 0 Å². The van der Waals surface area contributed by atoms with Crippen LogP contribution in [0.25, 0.3) is 5.69 Å². The monoisotopic (exact) mass is 371 g/mol. The average Bonchev–Trinajstić information content (AvgIpc) is 3.24. The Bertz CT molecular complexity index is 899. The molecule has 0 saturated carbocycles. The first-order valence-corrected chi connectivity index (χ1v) is 9.07. The first-order chi connectivity index (χ1) is 12.6. The van der Waals surface area contributed by atoms with E-state index >= 15 is 0 Å². The van der Waals surface area contributed by atoms with Gasteiger partial charge in [-0.05, 0) is 49.9 Å². The molecule has 136 valence electrons. The van der Waals surface area contributed by atoms with E-state index in [4.69, 9.17) is 11.6 Å². The van der Waals surface area contributed by atoms with Crippen LogP contribution in [0.4, 0.5) is 0 Å². The summed E-state index contributed by atoms with van der Waals surface area (Å²) in [6.45, 7) is 4.62. The van der Waals surface area contributed by atoms with Crippen molar-refractivity contribution in [3.63, 3.8) is 0 Å². The highest BCUT2D eigenvalue weighted by Crippen LogP contribution is 2.19. The van der Waals surface area contributed by atoms with Crippen molar-refractivity contribution in [3.8, 4) is 5.69 Å². The molecule has 0 aliphatic rings. The lowest BCUT2D eigenvalue weighted by Gasteiger charge is -2.09. The number of rotatable bonds is 7. The fourth-order valence-corrected chi connectivity index (χ4v) is 3.12. The maximum absolute atomic E-state index is 12.6. The molecule has 3 aromatic rings. The number of hydrogen-bond donors (Lipinski definition) is 2. The van der Waals surface area contributed by atoms with Crippen LogP contribution in [0.5, 0.6) is 0 Å². The topological polar surface area (TPSA) is 75.6 Å². The molecular weight excluding hydrogens is 350 g/mol. The normalized spacial score (nSPS) is 10.9. The van der Waals surface area contributed by atoms with Gasteiger partial charge in [0.1, 0.15) is 0 Å². The quantitative estimate of drug-likeness (QED) is 0.624. The molecule has 6 nitrogen and oxygen atoms in total. The number of amides is 1. The number of nitrogens with one attached hydrogen (secondary N) is 2. The third-order valence-corrected chi connectivity index (χ3v) is 4.58. The fourth-order valence-electron chi connectivity index (χ4n) is 2.94. The van der Waals surface area contributed by atoms with E-state index in [-0.39, 0.29) is 5.91 Å². The van der Waals surface area contributed by atoms with Crippen molar-refractivity contribution in [2.45, 2.75) is 33.1 Å². The number of halogens is 1. The van der Waals surface area contributed by atoms with Gasteiger partial charge in [0.15, 0.2) is 0 Å². The van der Waals surface area contributed by atoms with Crippen LogP contribution in [-0.2, 0) is 12.8 Å². The zero-order valence-electron chi connectivity index (χ0n) is 14.9. The Morgan fingerprint density at radius 1 is 1.35 bits per heavy atom. The van der Waals surface area contributed by atoms with Gasteiger partial charge in [-0.25, -0.2) is 4.68 Å². The van der Waals surface area contributed by atoms with E-state index in [1.54, 1.807) is 10.9 Å². The van der Waals surface area contributed by atoms with Gasteiger partial charge in [0.05, 0.1) is 29.3 Å². The summed E-state index contributed by atoms with van der Waals surface area (Å²) in [5.74, 6) is -0.0981. The molecule has 0 aliphatic heterocycles. The van der Waals surface area contributed by atoms with E-state index in [0.717, 1.165) is 29.9 Å². The molecule has 2 aromatic heterocycles. The Balaban J connectivity index is 1.65. The Labute approximate surface area is 157 Å². The Hall–Kier alpha value is -2.60. The van der Waals surface area contributed by atoms with Crippen molar-refractivity contribution in [2.75, 3.05) is 6.54 Å². The minimum absolute atomic E-state index is 0.0981. The highest BCUT2D eigenvalue weighted by Gasteiger charge is 2.17. The van der Waals surface area contributed by atoms with Gasteiger partial charge in [-0.2, -0.15) is 10.2 Å². The Kier molecular flexibility index (Phi) is 5.73. The van der Waals surface area contributed by atoms with Crippen LogP contribution < -0.4 is 5.32 Å². The minimum atomic E-state index is -0.0981. The molecule has 0 radical (unpaired) electrons. The number of hydrogen-bond acceptors (Lipinski definition) is 3. The standard InChI is InChI=1S/C19H22ClN5O/c1-3-18-17(12-23-25(18)16-8-4-7-15(20)10-16)19(26)21-9-5-6-14-11-22-24-13(14)2/h4,7-8,10-12H,3,5-6,9H2,1-2H3,(H,21,26)(H,22,24). The molecule has 7 heteroatoms. The van der Waals surface area contributed by atoms with Crippen LogP contribution in [-0.4, -0.2) is 32.4 Å². The number of carbonyl (C=O) groups is 1. The number of benzene rings is 1. The zero-order valence-corrected chi connectivity index (χ0v) is 15.7. The van der Waals surface area contributed by atoms with Crippen molar-refractivity contribution >= 4 is 17.5 Å². The Morgan fingerprint density at radius 2 is 2.19 bits per heavy atom. The second kappa shape index (κ2) is 8.19. The maximum Gasteiger partial charge on any atom is 0.254 e. The molecule has 0 aliphatic carbocycles. The number of aryl methyl sites for hydroxylation is 2. The third kappa shape index (κ3) is 3.96. The molecule has 0 saturated heterocycles. The second-order valence-corrected chi connectivity index (χ2v) is 6.57. The lowest BCUT2D eigenvalue weighted by Crippen LogP contribution is -2.25. The predicted octanol–water partition coefficient (Wildman–Crippen LogP) is 3.48. The molecule has 0 atom stereocenters. The van der Waals surface area contributed by atoms with Crippen LogP contribution in [0.15, 0.2) is 36.7 Å². The van der Waals surface area contributed by atoms with E-state index in [2.05, 4.69) is 20.6 Å². The molecule has 0 unspecified atom stereocenters. The summed E-state index contributed by atoms with van der Waals surface area (Å²) in [6.07, 6.45) is 5.89. The van der Waals surface area contributed by atoms with Crippen LogP contribution in [0.1, 0.15) is 40.7 Å². The summed E-state index contributed by atoms with van der Waals surface area (Å²) in [5.41, 5.74) is 4.58. The van der Waals surface area contributed by atoms with Gasteiger partial charge in [-0.15, -0.1) is 0 Å². The lowest BCUT2D eigenvalue weighted by atomic mass is 10.1. The second-order valence-electron chi connectivity index (χ2n) is 6.13. The summed E-state index contributed by atoms with van der Waals surface area (Å²) in [7, 11) is 0. The van der Waals surface area contributed by atoms with Crippen molar-refractivity contribution < 1.29 is 4.79 Å². The average molecular weight is 372 g/mol. The molecule has 0 fully saturated rings. The van der Waals surface area contributed by atoms with Gasteiger partial charge in [0.25, 0.3) is 5.91 Å². The lowest BCUT2D eigenvalue weighted by molar-refractivity contribution is 0.0952. The van der Waals surface area contributed by atoms with Crippen LogP contribution >= 0.6 is 11.6 Å². The SMILES string of the molecule is CCc1c(C(=O)NCCCc2cn[nH]c2C)cnn1-c1cccc(Cl)c1. The highest BCUT2D eigenvalue weighted by atomic mass is 35.5. The summed E-state index contributed by atoms with van der Waals surface area (Å²) in [4.78, 5) is 12.6. The Morgan fingerprint density at radius 3 is 2.88 bits per heavy atom. The number of nitrogens with zero attached hydrogens (tertiary/aromatic N) is 3. The highest BCUT2D eigenvalue weighted by molar-refractivity contribution is 6.30. The van der Waals surface area contributed by atoms with Crippen LogP contribution in [0, 0.1) is 6.92 Å². The van der Waals surface area contributed by atoms with E-state index in [0.29, 0.717) is 23.6 Å². The molecular formula is C19H22ClN5O. The predicted molar refractivity (Wildman–Crippen MR) is 102 cm³/mol. The van der Waals surface area contributed by atoms with E-state index in [1.165, 1.54) is 5.56 Å². The fraction of sp³-hybridized carbons (Fsp3) is 0.316. The first kappa shape index (κ1) is 18.2. The molecule has 0 spiro atoms. The van der Waals surface area contributed by atoms with Crippen molar-refractivity contribution in [1.29, 1.82) is 0 Å². The summed E-state index contributed by atoms with van der Waals surface area (Å²) in [6, 6.07) is 7.45. The summed E-state index contributed by atoms with van der Waals surface area (Å²) < 4.78 is 1.77. The number of carbonyl (C=O) groups excluding carboxylic acids is 1. The number of H-pyrrole nitrogens is 1. The first-order valence-electron chi connectivity index (χ1n) is 8.70. The van der Waals surface area contributed by atoms with Gasteiger partial charge in [-0.3, -0.25) is 9.89 Å². The molecule has 1 aromatic carbocycles. The van der Waals surface area contributed by atoms with Gasteiger partial charge < -0.3 is 5.32 Å². The molecule has 2 N–H and O–H groups in total. The van der Waals surface area contributed by atoms with Gasteiger partial charge in [0, 0.05) is 17.3 Å². The van der Waals surface area contributed by atoms with Crippen LogP contribution in [0.3, 0.4) is 0 Å². The smallest absolute Gasteiger partial charge is 0.254 e. The number of aromatic nitrogens is 4. The molecule has 0 bridgehead atoms. The van der Waals surface area contributed by atoms with Gasteiger partial charge >= 0.3 is 0 Å². The largest absolute Gasteiger partial charge is 0.352 e. The zero-order chi connectivity index (χ0) is 18.5. The van der Waals surface area contributed by atoms with E-state index in [9.17, 15) is 4.79 Å². The molecule has 26 heavy (non-hydrogen) atoms. The van der Waals surface area contributed by atoms with Crippen LogP contribution in [0.2, 0.25) is 5.02 Å². The van der Waals surface area contributed by atoms with Crippen molar-refractivity contribution in [3.05, 3.63) is 64.2 Å².